The van der Waals surface area contributed by atoms with Crippen molar-refractivity contribution in [1.29, 1.82) is 0 Å². The molecule has 0 radical (unpaired) electrons. The van der Waals surface area contributed by atoms with E-state index < -0.39 is 11.4 Å². The smallest absolute Gasteiger partial charge is 0.191 e. The van der Waals surface area contributed by atoms with E-state index in [1.807, 2.05) is 17.8 Å². The first-order valence-corrected chi connectivity index (χ1v) is 11.7. The van der Waals surface area contributed by atoms with Gasteiger partial charge in [0.15, 0.2) is 11.6 Å². The van der Waals surface area contributed by atoms with E-state index in [9.17, 15) is 9.50 Å². The molecule has 8 nitrogen and oxygen atoms in total. The lowest BCUT2D eigenvalue weighted by molar-refractivity contribution is -0.0626. The summed E-state index contributed by atoms with van der Waals surface area (Å²) < 4.78 is 22.7. The van der Waals surface area contributed by atoms with Crippen LogP contribution < -0.4 is 4.74 Å². The first kappa shape index (κ1) is 21.9. The van der Waals surface area contributed by atoms with E-state index in [-0.39, 0.29) is 22.0 Å². The first-order valence-electron chi connectivity index (χ1n) is 11.3. The van der Waals surface area contributed by atoms with Crippen LogP contribution in [0.5, 0.6) is 11.5 Å². The molecule has 0 aliphatic heterocycles. The Morgan fingerprint density at radius 3 is 2.74 bits per heavy atom. The summed E-state index contributed by atoms with van der Waals surface area (Å²) in [5.41, 5.74) is 2.70. The quantitative estimate of drug-likeness (QED) is 0.339. The summed E-state index contributed by atoms with van der Waals surface area (Å²) >= 11 is 6.64. The molecule has 1 aliphatic carbocycles. The normalized spacial score (nSPS) is 19.9. The molecule has 3 heterocycles. The molecule has 1 aliphatic rings. The number of fused-ring (bicyclic) bond motifs is 2. The minimum atomic E-state index is -0.563. The molecule has 178 valence electrons. The van der Waals surface area contributed by atoms with Crippen molar-refractivity contribution in [3.8, 4) is 22.8 Å². The number of ether oxygens (including phenoxy) is 1. The molecular formula is C25H22ClFN6O2. The highest BCUT2D eigenvalue weighted by Gasteiger charge is 2.38. The molecule has 10 heteroatoms. The zero-order chi connectivity index (χ0) is 24.3. The molecule has 0 amide bonds. The van der Waals surface area contributed by atoms with Crippen LogP contribution in [-0.2, 0) is 6.54 Å². The van der Waals surface area contributed by atoms with Gasteiger partial charge in [0.1, 0.15) is 27.6 Å². The van der Waals surface area contributed by atoms with Gasteiger partial charge in [-0.05, 0) is 56.9 Å². The number of rotatable bonds is 5. The molecule has 2 N–H and O–H groups in total. The zero-order valence-corrected chi connectivity index (χ0v) is 19.8. The lowest BCUT2D eigenvalue weighted by Crippen LogP contribution is -2.42. The van der Waals surface area contributed by atoms with Crippen LogP contribution in [0, 0.1) is 18.7 Å². The Hall–Kier alpha value is -3.56. The molecule has 35 heavy (non-hydrogen) atoms. The largest absolute Gasteiger partial charge is 0.453 e. The Bertz CT molecular complexity index is 1590. The number of benzene rings is 2. The second-order valence-corrected chi connectivity index (χ2v) is 9.80. The standard InChI is InChI=1S/C25H22ClFN6O2/c1-13-30-17-4-6-20(22(27)24(17)31-13)35-19-5-3-16-23(21(19)26)32-18(10-28-16)15-9-29-33(12-15)11-14-7-25(2,34)8-14/h3-6,9-10,12,14,34H,7-8,11H2,1-2H3,(H,30,31). The number of H-pyrrole nitrogens is 1. The number of nitrogens with one attached hydrogen (secondary N) is 1. The van der Waals surface area contributed by atoms with Crippen LogP contribution in [0.1, 0.15) is 25.6 Å². The Morgan fingerprint density at radius 1 is 1.17 bits per heavy atom. The van der Waals surface area contributed by atoms with Crippen molar-refractivity contribution in [2.75, 3.05) is 0 Å². The summed E-state index contributed by atoms with van der Waals surface area (Å²) in [5, 5.41) is 14.6. The summed E-state index contributed by atoms with van der Waals surface area (Å²) in [6, 6.07) is 6.59. The fraction of sp³-hybridized carbons (Fsp3) is 0.280. The number of aromatic amines is 1. The number of aryl methyl sites for hydroxylation is 1. The van der Waals surface area contributed by atoms with Gasteiger partial charge in [-0.2, -0.15) is 5.10 Å². The third kappa shape index (κ3) is 4.00. The molecule has 0 bridgehead atoms. The van der Waals surface area contributed by atoms with Gasteiger partial charge in [0.2, 0.25) is 0 Å². The first-order chi connectivity index (χ1) is 16.8. The molecule has 2 aromatic carbocycles. The van der Waals surface area contributed by atoms with Gasteiger partial charge < -0.3 is 14.8 Å². The number of aromatic nitrogens is 6. The van der Waals surface area contributed by atoms with E-state index in [0.29, 0.717) is 34.0 Å². The summed E-state index contributed by atoms with van der Waals surface area (Å²) in [4.78, 5) is 16.3. The van der Waals surface area contributed by atoms with Crippen molar-refractivity contribution in [2.24, 2.45) is 5.92 Å². The molecule has 0 atom stereocenters. The van der Waals surface area contributed by atoms with Crippen molar-refractivity contribution in [1.82, 2.24) is 29.7 Å². The maximum atomic E-state index is 15.0. The van der Waals surface area contributed by atoms with Gasteiger partial charge in [-0.25, -0.2) is 14.4 Å². The average Bonchev–Trinajstić information content (AvgIpc) is 3.42. The molecular weight excluding hydrogens is 471 g/mol. The maximum Gasteiger partial charge on any atom is 0.191 e. The zero-order valence-electron chi connectivity index (χ0n) is 19.1. The molecule has 0 spiro atoms. The van der Waals surface area contributed by atoms with Crippen LogP contribution in [-0.4, -0.2) is 40.4 Å². The minimum absolute atomic E-state index is 0.0303. The molecule has 1 fully saturated rings. The number of hydrogen-bond acceptors (Lipinski definition) is 6. The molecule has 3 aromatic heterocycles. The van der Waals surface area contributed by atoms with E-state index in [1.165, 1.54) is 6.07 Å². The van der Waals surface area contributed by atoms with Gasteiger partial charge in [0.25, 0.3) is 0 Å². The number of hydrogen-bond donors (Lipinski definition) is 2. The van der Waals surface area contributed by atoms with Crippen LogP contribution in [0.3, 0.4) is 0 Å². The lowest BCUT2D eigenvalue weighted by atomic mass is 9.72. The highest BCUT2D eigenvalue weighted by atomic mass is 35.5. The van der Waals surface area contributed by atoms with Crippen molar-refractivity contribution in [3.63, 3.8) is 0 Å². The summed E-state index contributed by atoms with van der Waals surface area (Å²) in [7, 11) is 0. The van der Waals surface area contributed by atoms with Crippen LogP contribution in [0.25, 0.3) is 33.3 Å². The fourth-order valence-corrected chi connectivity index (χ4v) is 5.00. The molecule has 6 rings (SSSR count). The maximum absolute atomic E-state index is 15.0. The van der Waals surface area contributed by atoms with Crippen LogP contribution >= 0.6 is 11.6 Å². The van der Waals surface area contributed by atoms with Crippen molar-refractivity contribution < 1.29 is 14.2 Å². The highest BCUT2D eigenvalue weighted by molar-refractivity contribution is 6.36. The van der Waals surface area contributed by atoms with Gasteiger partial charge in [-0.15, -0.1) is 0 Å². The highest BCUT2D eigenvalue weighted by Crippen LogP contribution is 2.39. The van der Waals surface area contributed by atoms with Crippen molar-refractivity contribution in [2.45, 2.75) is 38.8 Å². The Balaban J connectivity index is 1.29. The van der Waals surface area contributed by atoms with Crippen LogP contribution in [0.2, 0.25) is 5.02 Å². The molecule has 0 unspecified atom stereocenters. The second kappa shape index (κ2) is 8.00. The van der Waals surface area contributed by atoms with E-state index in [1.54, 1.807) is 37.5 Å². The van der Waals surface area contributed by atoms with Gasteiger partial charge in [0.05, 0.1) is 34.7 Å². The topological polar surface area (TPSA) is 102 Å². The van der Waals surface area contributed by atoms with Crippen LogP contribution in [0.15, 0.2) is 42.9 Å². The van der Waals surface area contributed by atoms with Crippen LogP contribution in [0.4, 0.5) is 4.39 Å². The summed E-state index contributed by atoms with van der Waals surface area (Å²) in [6.07, 6.45) is 6.85. The molecule has 5 aromatic rings. The lowest BCUT2D eigenvalue weighted by Gasteiger charge is -2.40. The number of imidazole rings is 1. The minimum Gasteiger partial charge on any atom is -0.453 e. The fourth-order valence-electron chi connectivity index (χ4n) is 4.76. The third-order valence-corrected chi connectivity index (χ3v) is 6.71. The predicted molar refractivity (Wildman–Crippen MR) is 130 cm³/mol. The Morgan fingerprint density at radius 2 is 1.94 bits per heavy atom. The van der Waals surface area contributed by atoms with Crippen molar-refractivity contribution >= 4 is 33.7 Å². The summed E-state index contributed by atoms with van der Waals surface area (Å²) in [6.45, 7) is 4.36. The summed E-state index contributed by atoms with van der Waals surface area (Å²) in [5.74, 6) is 0.778. The molecule has 1 saturated carbocycles. The Labute approximate surface area is 204 Å². The van der Waals surface area contributed by atoms with E-state index >= 15 is 0 Å². The van der Waals surface area contributed by atoms with Gasteiger partial charge >= 0.3 is 0 Å². The average molecular weight is 493 g/mol. The molecule has 0 saturated heterocycles. The van der Waals surface area contributed by atoms with E-state index in [2.05, 4.69) is 20.1 Å². The third-order valence-electron chi connectivity index (χ3n) is 6.35. The van der Waals surface area contributed by atoms with Gasteiger partial charge in [-0.3, -0.25) is 9.67 Å². The van der Waals surface area contributed by atoms with Gasteiger partial charge in [0, 0.05) is 18.3 Å². The SMILES string of the molecule is Cc1nc2ccc(Oc3ccc4ncc(-c5cnn(CC6CC(C)(O)C6)c5)nc4c3Cl)c(F)c2[nH]1. The number of halogens is 2. The number of nitrogens with zero attached hydrogens (tertiary/aromatic N) is 5. The van der Waals surface area contributed by atoms with E-state index in [4.69, 9.17) is 21.3 Å². The van der Waals surface area contributed by atoms with Crippen molar-refractivity contribution in [3.05, 3.63) is 59.5 Å². The second-order valence-electron chi connectivity index (χ2n) is 9.42. The Kier molecular flexibility index (Phi) is 5.01. The number of aliphatic hydroxyl groups is 1. The van der Waals surface area contributed by atoms with E-state index in [0.717, 1.165) is 24.9 Å². The monoisotopic (exact) mass is 492 g/mol. The predicted octanol–water partition coefficient (Wildman–Crippen LogP) is 5.42. The van der Waals surface area contributed by atoms with Gasteiger partial charge in [-0.1, -0.05) is 11.6 Å².